The summed E-state index contributed by atoms with van der Waals surface area (Å²) in [6.45, 7) is 6.53. The first-order chi connectivity index (χ1) is 10.2. The molecule has 1 aromatic rings. The van der Waals surface area contributed by atoms with Crippen molar-refractivity contribution in [1.82, 2.24) is 9.88 Å². The minimum Gasteiger partial charge on any atom is -0.444 e. The van der Waals surface area contributed by atoms with Gasteiger partial charge in [-0.05, 0) is 27.2 Å². The van der Waals surface area contributed by atoms with Crippen LogP contribution in [-0.2, 0) is 4.74 Å². The van der Waals surface area contributed by atoms with Crippen LogP contribution in [0.5, 0.6) is 0 Å². The van der Waals surface area contributed by atoms with Gasteiger partial charge < -0.3 is 14.5 Å². The van der Waals surface area contributed by atoms with E-state index in [1.165, 1.54) is 12.1 Å². The van der Waals surface area contributed by atoms with Crippen molar-refractivity contribution in [2.75, 3.05) is 25.0 Å². The molecule has 0 aromatic carbocycles. The maximum Gasteiger partial charge on any atom is 0.410 e. The summed E-state index contributed by atoms with van der Waals surface area (Å²) < 4.78 is 31.7. The number of carbonyl (C=O) groups is 1. The number of likely N-dealkylation sites (N-methyl/N-ethyl adjacent to an activating group) is 1. The van der Waals surface area contributed by atoms with Crippen molar-refractivity contribution in [3.8, 4) is 0 Å². The Morgan fingerprint density at radius 1 is 1.36 bits per heavy atom. The lowest BCUT2D eigenvalue weighted by Gasteiger charge is -2.28. The normalized spacial score (nSPS) is 18.5. The molecule has 1 aromatic heterocycles. The Morgan fingerprint density at radius 3 is 2.50 bits per heavy atom. The molecule has 0 N–H and O–H groups in total. The first-order valence-electron chi connectivity index (χ1n) is 7.19. The largest absolute Gasteiger partial charge is 0.444 e. The predicted molar refractivity (Wildman–Crippen MR) is 78.8 cm³/mol. The van der Waals surface area contributed by atoms with Crippen LogP contribution >= 0.6 is 0 Å². The fourth-order valence-corrected chi connectivity index (χ4v) is 2.41. The standard InChI is InChI=1S/C15H21F2N3O2/c1-15(2,3)22-14(21)19(4)10-5-6-20(9-10)11-7-12(16)18-13(17)8-11/h7-8,10H,5-6,9H2,1-4H3. The van der Waals surface area contributed by atoms with E-state index >= 15 is 0 Å². The summed E-state index contributed by atoms with van der Waals surface area (Å²) in [4.78, 5) is 18.5. The molecule has 1 aliphatic rings. The molecule has 0 radical (unpaired) electrons. The zero-order valence-corrected chi connectivity index (χ0v) is 13.3. The monoisotopic (exact) mass is 313 g/mol. The molecular formula is C15H21F2N3O2. The van der Waals surface area contributed by atoms with Gasteiger partial charge in [0.1, 0.15) is 5.60 Å². The first-order valence-corrected chi connectivity index (χ1v) is 7.19. The third-order valence-corrected chi connectivity index (χ3v) is 3.51. The van der Waals surface area contributed by atoms with E-state index in [0.29, 0.717) is 25.2 Å². The van der Waals surface area contributed by atoms with Crippen LogP contribution < -0.4 is 4.90 Å². The van der Waals surface area contributed by atoms with Crippen LogP contribution in [0.25, 0.3) is 0 Å². The molecule has 5 nitrogen and oxygen atoms in total. The van der Waals surface area contributed by atoms with Crippen molar-refractivity contribution in [3.05, 3.63) is 24.0 Å². The summed E-state index contributed by atoms with van der Waals surface area (Å²) in [7, 11) is 1.68. The molecule has 22 heavy (non-hydrogen) atoms. The molecule has 1 atom stereocenters. The summed E-state index contributed by atoms with van der Waals surface area (Å²) >= 11 is 0. The summed E-state index contributed by atoms with van der Waals surface area (Å²) in [5.41, 5.74) is -0.119. The molecule has 0 spiro atoms. The van der Waals surface area contributed by atoms with Gasteiger partial charge in [-0.1, -0.05) is 0 Å². The Morgan fingerprint density at radius 2 is 1.95 bits per heavy atom. The van der Waals surface area contributed by atoms with E-state index in [0.717, 1.165) is 0 Å². The van der Waals surface area contributed by atoms with Gasteiger partial charge in [0.25, 0.3) is 0 Å². The zero-order chi connectivity index (χ0) is 16.5. The van der Waals surface area contributed by atoms with E-state index in [4.69, 9.17) is 4.74 Å². The number of halogens is 2. The van der Waals surface area contributed by atoms with Crippen LogP contribution in [0.2, 0.25) is 0 Å². The van der Waals surface area contributed by atoms with Crippen molar-refractivity contribution < 1.29 is 18.3 Å². The van der Waals surface area contributed by atoms with Crippen LogP contribution in [0.15, 0.2) is 12.1 Å². The highest BCUT2D eigenvalue weighted by Crippen LogP contribution is 2.24. The number of aromatic nitrogens is 1. The molecule has 0 bridgehead atoms. The third kappa shape index (κ3) is 4.05. The van der Waals surface area contributed by atoms with Crippen molar-refractivity contribution >= 4 is 11.8 Å². The Labute approximate surface area is 128 Å². The maximum atomic E-state index is 13.2. The number of nitrogens with zero attached hydrogens (tertiary/aromatic N) is 3. The molecule has 2 rings (SSSR count). The van der Waals surface area contributed by atoms with Gasteiger partial charge in [-0.3, -0.25) is 0 Å². The molecular weight excluding hydrogens is 292 g/mol. The highest BCUT2D eigenvalue weighted by atomic mass is 19.1. The molecule has 7 heteroatoms. The lowest BCUT2D eigenvalue weighted by atomic mass is 10.2. The van der Waals surface area contributed by atoms with E-state index in [-0.39, 0.29) is 6.04 Å². The topological polar surface area (TPSA) is 45.7 Å². The quantitative estimate of drug-likeness (QED) is 0.788. The maximum absolute atomic E-state index is 13.2. The number of rotatable bonds is 2. The van der Waals surface area contributed by atoms with Gasteiger partial charge in [-0.2, -0.15) is 13.8 Å². The predicted octanol–water partition coefficient (Wildman–Crippen LogP) is 2.81. The van der Waals surface area contributed by atoms with Gasteiger partial charge in [-0.25, -0.2) is 4.79 Å². The SMILES string of the molecule is CN(C(=O)OC(C)(C)C)C1CCN(c2cc(F)nc(F)c2)C1. The number of ether oxygens (including phenoxy) is 1. The summed E-state index contributed by atoms with van der Waals surface area (Å²) in [5, 5.41) is 0. The smallest absolute Gasteiger partial charge is 0.410 e. The number of hydrogen-bond donors (Lipinski definition) is 0. The molecule has 2 heterocycles. The van der Waals surface area contributed by atoms with E-state index in [1.807, 2.05) is 25.7 Å². The number of pyridine rings is 1. The van der Waals surface area contributed by atoms with Crippen molar-refractivity contribution in [1.29, 1.82) is 0 Å². The second-order valence-corrected chi connectivity index (χ2v) is 6.45. The van der Waals surface area contributed by atoms with Gasteiger partial charge in [0.2, 0.25) is 11.9 Å². The van der Waals surface area contributed by atoms with Crippen LogP contribution in [-0.4, -0.2) is 47.8 Å². The molecule has 1 amide bonds. The van der Waals surface area contributed by atoms with Gasteiger partial charge >= 0.3 is 6.09 Å². The van der Waals surface area contributed by atoms with E-state index in [2.05, 4.69) is 4.98 Å². The Balaban J connectivity index is 2.01. The molecule has 1 saturated heterocycles. The number of anilines is 1. The Bertz CT molecular complexity index is 540. The Hall–Kier alpha value is -1.92. The van der Waals surface area contributed by atoms with E-state index in [9.17, 15) is 13.6 Å². The summed E-state index contributed by atoms with van der Waals surface area (Å²) in [5.74, 6) is -1.70. The fraction of sp³-hybridized carbons (Fsp3) is 0.600. The highest BCUT2D eigenvalue weighted by Gasteiger charge is 2.31. The van der Waals surface area contributed by atoms with Gasteiger partial charge in [-0.15, -0.1) is 0 Å². The lowest BCUT2D eigenvalue weighted by Crippen LogP contribution is -2.42. The highest BCUT2D eigenvalue weighted by molar-refractivity contribution is 5.68. The molecule has 122 valence electrons. The van der Waals surface area contributed by atoms with Gasteiger partial charge in [0.15, 0.2) is 0 Å². The van der Waals surface area contributed by atoms with Crippen LogP contribution in [0.4, 0.5) is 19.3 Å². The average Bonchev–Trinajstić information content (AvgIpc) is 2.84. The number of amides is 1. The molecule has 1 unspecified atom stereocenters. The van der Waals surface area contributed by atoms with Crippen molar-refractivity contribution in [3.63, 3.8) is 0 Å². The minimum atomic E-state index is -0.848. The van der Waals surface area contributed by atoms with E-state index in [1.54, 1.807) is 11.9 Å². The zero-order valence-electron chi connectivity index (χ0n) is 13.3. The molecule has 1 fully saturated rings. The lowest BCUT2D eigenvalue weighted by molar-refractivity contribution is 0.0238. The fourth-order valence-electron chi connectivity index (χ4n) is 2.41. The Kier molecular flexibility index (Phi) is 4.53. The van der Waals surface area contributed by atoms with Gasteiger partial charge in [0, 0.05) is 38.0 Å². The first kappa shape index (κ1) is 16.5. The molecule has 0 saturated carbocycles. The second-order valence-electron chi connectivity index (χ2n) is 6.45. The van der Waals surface area contributed by atoms with Crippen molar-refractivity contribution in [2.45, 2.75) is 38.8 Å². The average molecular weight is 313 g/mol. The summed E-state index contributed by atoms with van der Waals surface area (Å²) in [6, 6.07) is 2.33. The van der Waals surface area contributed by atoms with Crippen LogP contribution in [0.1, 0.15) is 27.2 Å². The molecule has 0 aliphatic carbocycles. The number of hydrogen-bond acceptors (Lipinski definition) is 4. The molecule has 1 aliphatic heterocycles. The third-order valence-electron chi connectivity index (χ3n) is 3.51. The summed E-state index contributed by atoms with van der Waals surface area (Å²) in [6.07, 6.45) is 0.313. The van der Waals surface area contributed by atoms with Crippen LogP contribution in [0, 0.1) is 11.9 Å². The van der Waals surface area contributed by atoms with Crippen molar-refractivity contribution in [2.24, 2.45) is 0 Å². The van der Waals surface area contributed by atoms with E-state index < -0.39 is 23.6 Å². The number of carbonyl (C=O) groups excluding carboxylic acids is 1. The van der Waals surface area contributed by atoms with Crippen LogP contribution in [0.3, 0.4) is 0 Å². The second kappa shape index (κ2) is 6.06. The minimum absolute atomic E-state index is 0.0610. The van der Waals surface area contributed by atoms with Gasteiger partial charge in [0.05, 0.1) is 6.04 Å².